The van der Waals surface area contributed by atoms with Crippen LogP contribution in [0.5, 0.6) is 0 Å². The Kier molecular flexibility index (Phi) is 3.60. The lowest BCUT2D eigenvalue weighted by Gasteiger charge is -2.44. The van der Waals surface area contributed by atoms with E-state index in [1.54, 1.807) is 6.08 Å². The lowest BCUT2D eigenvalue weighted by molar-refractivity contribution is -0.119. The van der Waals surface area contributed by atoms with Crippen LogP contribution in [0.25, 0.3) is 0 Å². The minimum absolute atomic E-state index is 0.0523. The Hall–Kier alpha value is -1.47. The van der Waals surface area contributed by atoms with Gasteiger partial charge in [0.1, 0.15) is 10.4 Å². The molecule has 0 spiro atoms. The molecule has 1 heterocycles. The van der Waals surface area contributed by atoms with E-state index in [0.29, 0.717) is 17.8 Å². The summed E-state index contributed by atoms with van der Waals surface area (Å²) in [5.74, 6) is -0.0414. The largest absolute Gasteiger partial charge is 0.352 e. The molecule has 0 saturated carbocycles. The molecule has 1 aliphatic carbocycles. The van der Waals surface area contributed by atoms with Gasteiger partial charge in [-0.15, -0.1) is 6.58 Å². The van der Waals surface area contributed by atoms with E-state index in [-0.39, 0.29) is 17.1 Å². The highest BCUT2D eigenvalue weighted by Gasteiger charge is 2.50. The van der Waals surface area contributed by atoms with E-state index < -0.39 is 5.41 Å². The summed E-state index contributed by atoms with van der Waals surface area (Å²) in [5.41, 5.74) is 0.788. The van der Waals surface area contributed by atoms with Crippen molar-refractivity contribution in [3.05, 3.63) is 23.9 Å². The molecule has 1 N–H and O–H groups in total. The minimum atomic E-state index is -0.840. The van der Waals surface area contributed by atoms with Gasteiger partial charge in [-0.1, -0.05) is 39.1 Å². The van der Waals surface area contributed by atoms with Gasteiger partial charge in [0.25, 0.3) is 0 Å². The van der Waals surface area contributed by atoms with E-state index in [1.807, 2.05) is 6.92 Å². The number of Topliss-reactive ketones (excluding diaryl/α,β-unsaturated/α-hetero) is 1. The van der Waals surface area contributed by atoms with Crippen LogP contribution in [-0.4, -0.2) is 10.8 Å². The van der Waals surface area contributed by atoms with Crippen molar-refractivity contribution < 1.29 is 4.79 Å². The summed E-state index contributed by atoms with van der Waals surface area (Å²) in [6.45, 7) is 9.83. The Morgan fingerprint density at radius 1 is 1.55 bits per heavy atom. The van der Waals surface area contributed by atoms with Crippen molar-refractivity contribution in [1.29, 1.82) is 5.26 Å². The summed E-state index contributed by atoms with van der Waals surface area (Å²) in [5, 5.41) is 12.8. The van der Waals surface area contributed by atoms with Crippen molar-refractivity contribution in [2.45, 2.75) is 40.0 Å². The topological polar surface area (TPSA) is 52.9 Å². The number of hydrogen-bond donors (Lipinski definition) is 1. The molecule has 106 valence electrons. The zero-order valence-electron chi connectivity index (χ0n) is 12.2. The minimum Gasteiger partial charge on any atom is -0.352 e. The normalized spacial score (nSPS) is 32.2. The Morgan fingerprint density at radius 2 is 2.20 bits per heavy atom. The molecule has 4 heteroatoms. The fourth-order valence-electron chi connectivity index (χ4n) is 3.33. The summed E-state index contributed by atoms with van der Waals surface area (Å²) in [4.78, 5) is 13.0. The first-order chi connectivity index (χ1) is 9.27. The second kappa shape index (κ2) is 4.82. The van der Waals surface area contributed by atoms with Crippen molar-refractivity contribution in [2.75, 3.05) is 0 Å². The molecule has 0 unspecified atom stereocenters. The SMILES string of the molecule is C=CC[C@@]1(C#N)C(=S)NC2=C(C(=O)CC(C)(C)C2)[C@@H]1C. The van der Waals surface area contributed by atoms with Crippen molar-refractivity contribution in [2.24, 2.45) is 16.7 Å². The smallest absolute Gasteiger partial charge is 0.161 e. The van der Waals surface area contributed by atoms with Gasteiger partial charge in [-0.2, -0.15) is 5.26 Å². The summed E-state index contributed by atoms with van der Waals surface area (Å²) in [6, 6.07) is 2.33. The summed E-state index contributed by atoms with van der Waals surface area (Å²) in [7, 11) is 0. The first-order valence-corrected chi connectivity index (χ1v) is 7.28. The maximum absolute atomic E-state index is 12.5. The first-order valence-electron chi connectivity index (χ1n) is 6.87. The maximum Gasteiger partial charge on any atom is 0.161 e. The maximum atomic E-state index is 12.5. The van der Waals surface area contributed by atoms with Gasteiger partial charge in [0, 0.05) is 23.6 Å². The highest BCUT2D eigenvalue weighted by Crippen LogP contribution is 2.47. The van der Waals surface area contributed by atoms with E-state index in [4.69, 9.17) is 12.2 Å². The Bertz CT molecular complexity index is 568. The molecule has 0 amide bonds. The van der Waals surface area contributed by atoms with Crippen LogP contribution >= 0.6 is 12.2 Å². The zero-order chi connectivity index (χ0) is 15.1. The highest BCUT2D eigenvalue weighted by atomic mass is 32.1. The first kappa shape index (κ1) is 14.9. The van der Waals surface area contributed by atoms with Crippen LogP contribution in [0.2, 0.25) is 0 Å². The van der Waals surface area contributed by atoms with E-state index in [1.165, 1.54) is 0 Å². The lowest BCUT2D eigenvalue weighted by atomic mass is 9.63. The number of hydrogen-bond acceptors (Lipinski definition) is 3. The second-order valence-electron chi connectivity index (χ2n) is 6.58. The molecule has 0 aromatic heterocycles. The molecule has 1 aliphatic heterocycles. The molecule has 0 aromatic carbocycles. The fourth-order valence-corrected chi connectivity index (χ4v) is 3.76. The highest BCUT2D eigenvalue weighted by molar-refractivity contribution is 7.80. The van der Waals surface area contributed by atoms with Gasteiger partial charge in [-0.3, -0.25) is 4.79 Å². The molecule has 2 rings (SSSR count). The second-order valence-corrected chi connectivity index (χ2v) is 6.99. The number of ketones is 1. The summed E-state index contributed by atoms with van der Waals surface area (Å²) >= 11 is 5.44. The zero-order valence-corrected chi connectivity index (χ0v) is 13.1. The predicted octanol–water partition coefficient (Wildman–Crippen LogP) is 3.28. The van der Waals surface area contributed by atoms with Gasteiger partial charge >= 0.3 is 0 Å². The van der Waals surface area contributed by atoms with Crippen LogP contribution in [0.4, 0.5) is 0 Å². The molecule has 2 aliphatic rings. The van der Waals surface area contributed by atoms with Crippen LogP contribution < -0.4 is 5.32 Å². The van der Waals surface area contributed by atoms with Gasteiger partial charge in [-0.25, -0.2) is 0 Å². The molecule has 0 bridgehead atoms. The predicted molar refractivity (Wildman–Crippen MR) is 82.8 cm³/mol. The number of allylic oxidation sites excluding steroid dienone is 3. The summed E-state index contributed by atoms with van der Waals surface area (Å²) in [6.07, 6.45) is 3.49. The number of carbonyl (C=O) groups excluding carboxylic acids is 1. The van der Waals surface area contributed by atoms with E-state index in [9.17, 15) is 10.1 Å². The number of carbonyl (C=O) groups is 1. The Balaban J connectivity index is 2.54. The van der Waals surface area contributed by atoms with Crippen LogP contribution in [0.1, 0.15) is 40.0 Å². The van der Waals surface area contributed by atoms with Gasteiger partial charge in [0.2, 0.25) is 0 Å². The number of rotatable bonds is 2. The summed E-state index contributed by atoms with van der Waals surface area (Å²) < 4.78 is 0. The van der Waals surface area contributed by atoms with Crippen molar-refractivity contribution >= 4 is 23.0 Å². The van der Waals surface area contributed by atoms with Gasteiger partial charge in [0.15, 0.2) is 5.78 Å². The van der Waals surface area contributed by atoms with Gasteiger partial charge < -0.3 is 5.32 Å². The molecule has 2 atom stereocenters. The van der Waals surface area contributed by atoms with E-state index >= 15 is 0 Å². The van der Waals surface area contributed by atoms with Crippen molar-refractivity contribution in [3.8, 4) is 6.07 Å². The number of nitriles is 1. The van der Waals surface area contributed by atoms with Gasteiger partial charge in [0.05, 0.1) is 6.07 Å². The Labute approximate surface area is 125 Å². The third-order valence-electron chi connectivity index (χ3n) is 4.43. The molecule has 0 saturated heterocycles. The monoisotopic (exact) mass is 288 g/mol. The quantitative estimate of drug-likeness (QED) is 0.626. The third-order valence-corrected chi connectivity index (χ3v) is 4.89. The molecular weight excluding hydrogens is 268 g/mol. The molecule has 20 heavy (non-hydrogen) atoms. The van der Waals surface area contributed by atoms with E-state index in [2.05, 4.69) is 31.8 Å². The van der Waals surface area contributed by atoms with Crippen LogP contribution in [-0.2, 0) is 4.79 Å². The average molecular weight is 288 g/mol. The number of nitrogens with one attached hydrogen (secondary N) is 1. The fraction of sp³-hybridized carbons (Fsp3) is 0.562. The Morgan fingerprint density at radius 3 is 2.75 bits per heavy atom. The van der Waals surface area contributed by atoms with Crippen molar-refractivity contribution in [1.82, 2.24) is 5.32 Å². The molecule has 0 aromatic rings. The average Bonchev–Trinajstić information content (AvgIpc) is 2.32. The standard InChI is InChI=1S/C16H20N2OS/c1-5-6-16(9-17)10(2)13-11(18-14(16)20)7-15(3,4)8-12(13)19/h5,10H,1,6-8H2,2-4H3,(H,18,20)/t10-,16-/m0/s1. The number of thiocarbonyl (C=S) groups is 1. The third kappa shape index (κ3) is 2.10. The van der Waals surface area contributed by atoms with Crippen LogP contribution in [0, 0.1) is 28.1 Å². The van der Waals surface area contributed by atoms with Gasteiger partial charge in [-0.05, 0) is 18.3 Å². The van der Waals surface area contributed by atoms with Crippen molar-refractivity contribution in [3.63, 3.8) is 0 Å². The van der Waals surface area contributed by atoms with Crippen LogP contribution in [0.3, 0.4) is 0 Å². The molecule has 3 nitrogen and oxygen atoms in total. The lowest BCUT2D eigenvalue weighted by Crippen LogP contribution is -2.51. The van der Waals surface area contributed by atoms with Crippen LogP contribution in [0.15, 0.2) is 23.9 Å². The van der Waals surface area contributed by atoms with E-state index in [0.717, 1.165) is 17.7 Å². The molecule has 0 fully saturated rings. The number of nitrogens with zero attached hydrogens (tertiary/aromatic N) is 1. The molecular formula is C16H20N2OS. The molecule has 0 radical (unpaired) electrons.